The molecule has 0 heterocycles. The smallest absolute Gasteiger partial charge is 0.310 e. The van der Waals surface area contributed by atoms with Gasteiger partial charge in [0.15, 0.2) is 12.4 Å². The van der Waals surface area contributed by atoms with Gasteiger partial charge in [0.25, 0.3) is 0 Å². The van der Waals surface area contributed by atoms with Crippen molar-refractivity contribution in [2.75, 3.05) is 6.61 Å². The molecule has 0 aromatic heterocycles. The van der Waals surface area contributed by atoms with E-state index in [1.165, 1.54) is 19.3 Å². The lowest BCUT2D eigenvalue weighted by atomic mass is 9.48. The number of carbonyl (C=O) groups is 2. The average molecular weight is 391 g/mol. The van der Waals surface area contributed by atoms with Crippen LogP contribution in [0.15, 0.2) is 28.7 Å². The summed E-state index contributed by atoms with van der Waals surface area (Å²) in [6.45, 7) is -0.0402. The summed E-state index contributed by atoms with van der Waals surface area (Å²) in [6.07, 6.45) is 7.26. The van der Waals surface area contributed by atoms with E-state index in [9.17, 15) is 9.59 Å². The molecular formula is C20H23BrO3. The van der Waals surface area contributed by atoms with Crippen molar-refractivity contribution in [3.8, 4) is 0 Å². The molecule has 4 fully saturated rings. The molecule has 24 heavy (non-hydrogen) atoms. The summed E-state index contributed by atoms with van der Waals surface area (Å²) >= 11 is 3.38. The molecule has 5 rings (SSSR count). The monoisotopic (exact) mass is 390 g/mol. The highest BCUT2D eigenvalue weighted by atomic mass is 79.9. The van der Waals surface area contributed by atoms with Gasteiger partial charge in [0.1, 0.15) is 0 Å². The van der Waals surface area contributed by atoms with Crippen LogP contribution in [0.4, 0.5) is 0 Å². The van der Waals surface area contributed by atoms with Crippen LogP contribution in [0.2, 0.25) is 0 Å². The van der Waals surface area contributed by atoms with E-state index in [0.717, 1.165) is 47.1 Å². The summed E-state index contributed by atoms with van der Waals surface area (Å²) < 4.78 is 6.31. The maximum atomic E-state index is 12.8. The Kier molecular flexibility index (Phi) is 4.27. The number of halogens is 1. The fourth-order valence-corrected chi connectivity index (χ4v) is 5.84. The molecule has 0 N–H and O–H groups in total. The van der Waals surface area contributed by atoms with Crippen molar-refractivity contribution in [3.05, 3.63) is 34.3 Å². The molecule has 4 saturated carbocycles. The van der Waals surface area contributed by atoms with Crippen LogP contribution >= 0.6 is 15.9 Å². The number of esters is 1. The fourth-order valence-electron chi connectivity index (χ4n) is 5.57. The van der Waals surface area contributed by atoms with Gasteiger partial charge >= 0.3 is 5.97 Å². The Labute approximate surface area is 151 Å². The second-order valence-corrected chi connectivity index (χ2v) is 9.00. The molecule has 4 heteroatoms. The zero-order chi connectivity index (χ0) is 16.7. The van der Waals surface area contributed by atoms with Crippen LogP contribution in [0.1, 0.15) is 44.1 Å². The number of hydrogen-bond donors (Lipinski definition) is 0. The Morgan fingerprint density at radius 2 is 1.54 bits per heavy atom. The van der Waals surface area contributed by atoms with E-state index in [2.05, 4.69) is 15.9 Å². The minimum absolute atomic E-state index is 0.0402. The average Bonchev–Trinajstić information content (AvgIpc) is 2.53. The molecule has 4 aliphatic carbocycles. The van der Waals surface area contributed by atoms with E-state index in [0.29, 0.717) is 0 Å². The van der Waals surface area contributed by atoms with E-state index in [1.807, 2.05) is 24.3 Å². The molecule has 1 aromatic carbocycles. The Balaban J connectivity index is 1.33. The van der Waals surface area contributed by atoms with Gasteiger partial charge in [-0.1, -0.05) is 28.1 Å². The van der Waals surface area contributed by atoms with Crippen LogP contribution < -0.4 is 0 Å². The first-order chi connectivity index (χ1) is 11.5. The third kappa shape index (κ3) is 3.17. The molecule has 0 amide bonds. The molecule has 0 saturated heterocycles. The van der Waals surface area contributed by atoms with Crippen LogP contribution in [0, 0.1) is 23.2 Å². The molecule has 0 unspecified atom stereocenters. The third-order valence-corrected chi connectivity index (χ3v) is 6.78. The topological polar surface area (TPSA) is 43.4 Å². The Hall–Kier alpha value is -1.16. The molecule has 128 valence electrons. The van der Waals surface area contributed by atoms with E-state index in [-0.39, 0.29) is 30.2 Å². The summed E-state index contributed by atoms with van der Waals surface area (Å²) in [4.78, 5) is 24.9. The lowest BCUT2D eigenvalue weighted by molar-refractivity contribution is -0.157. The molecule has 0 spiro atoms. The van der Waals surface area contributed by atoms with Crippen LogP contribution in [0.25, 0.3) is 0 Å². The van der Waals surface area contributed by atoms with Gasteiger partial charge in [-0.05, 0) is 74.0 Å². The van der Waals surface area contributed by atoms with E-state index in [1.54, 1.807) is 0 Å². The molecule has 4 aliphatic rings. The predicted molar refractivity (Wildman–Crippen MR) is 94.4 cm³/mol. The minimum Gasteiger partial charge on any atom is -0.457 e. The van der Waals surface area contributed by atoms with Crippen molar-refractivity contribution in [1.82, 2.24) is 0 Å². The third-order valence-electron chi connectivity index (χ3n) is 6.26. The van der Waals surface area contributed by atoms with Gasteiger partial charge in [-0.3, -0.25) is 9.59 Å². The van der Waals surface area contributed by atoms with Gasteiger partial charge in [-0.15, -0.1) is 0 Å². The largest absolute Gasteiger partial charge is 0.457 e. The maximum Gasteiger partial charge on any atom is 0.310 e. The van der Waals surface area contributed by atoms with Crippen molar-refractivity contribution in [1.29, 1.82) is 0 Å². The molecular weight excluding hydrogens is 368 g/mol. The minimum atomic E-state index is -0.310. The summed E-state index contributed by atoms with van der Waals surface area (Å²) in [6, 6.07) is 7.60. The van der Waals surface area contributed by atoms with Gasteiger partial charge in [0.05, 0.1) is 6.42 Å². The van der Waals surface area contributed by atoms with Gasteiger partial charge < -0.3 is 4.74 Å². The molecule has 0 atom stereocenters. The summed E-state index contributed by atoms with van der Waals surface area (Å²) in [7, 11) is 0. The van der Waals surface area contributed by atoms with Crippen LogP contribution in [0.3, 0.4) is 0 Å². The number of Topliss-reactive ketones (excluding diaryl/α,β-unsaturated/α-hetero) is 1. The SMILES string of the molecule is O=C(Cc1ccc(Br)cc1)OCC(=O)C12CC3CC(CC(C3)C1)C2. The molecule has 0 aliphatic heterocycles. The first-order valence-corrected chi connectivity index (χ1v) is 9.75. The normalized spacial score (nSPS) is 33.5. The van der Waals surface area contributed by atoms with Crippen LogP contribution in [0.5, 0.6) is 0 Å². The highest BCUT2D eigenvalue weighted by Crippen LogP contribution is 2.60. The fraction of sp³-hybridized carbons (Fsp3) is 0.600. The van der Waals surface area contributed by atoms with Gasteiger partial charge in [-0.25, -0.2) is 0 Å². The van der Waals surface area contributed by atoms with Crippen LogP contribution in [-0.4, -0.2) is 18.4 Å². The van der Waals surface area contributed by atoms with E-state index in [4.69, 9.17) is 4.74 Å². The van der Waals surface area contributed by atoms with Crippen LogP contribution in [-0.2, 0) is 20.7 Å². The van der Waals surface area contributed by atoms with Gasteiger partial charge in [0, 0.05) is 9.89 Å². The lowest BCUT2D eigenvalue weighted by Crippen LogP contribution is -2.51. The predicted octanol–water partition coefficient (Wildman–Crippen LogP) is 4.32. The maximum absolute atomic E-state index is 12.8. The highest BCUT2D eigenvalue weighted by molar-refractivity contribution is 9.10. The number of benzene rings is 1. The van der Waals surface area contributed by atoms with Crippen molar-refractivity contribution >= 4 is 27.7 Å². The number of ether oxygens (including phenoxy) is 1. The van der Waals surface area contributed by atoms with Gasteiger partial charge in [-0.2, -0.15) is 0 Å². The standard InChI is InChI=1S/C20H23BrO3/c21-17-3-1-13(2-4-17)8-19(23)24-12-18(22)20-9-14-5-15(10-20)7-16(6-14)11-20/h1-4,14-16H,5-12H2. The Morgan fingerprint density at radius 3 is 2.08 bits per heavy atom. The molecule has 3 nitrogen and oxygen atoms in total. The first-order valence-electron chi connectivity index (χ1n) is 8.96. The second kappa shape index (κ2) is 6.29. The quantitative estimate of drug-likeness (QED) is 0.703. The second-order valence-electron chi connectivity index (χ2n) is 8.08. The van der Waals surface area contributed by atoms with Crippen molar-refractivity contribution in [3.63, 3.8) is 0 Å². The zero-order valence-corrected chi connectivity index (χ0v) is 15.4. The number of rotatable bonds is 5. The lowest BCUT2D eigenvalue weighted by Gasteiger charge is -2.55. The summed E-state index contributed by atoms with van der Waals surface area (Å²) in [5.41, 5.74) is 0.734. The van der Waals surface area contributed by atoms with E-state index >= 15 is 0 Å². The summed E-state index contributed by atoms with van der Waals surface area (Å²) in [5, 5.41) is 0. The molecule has 0 radical (unpaired) electrons. The van der Waals surface area contributed by atoms with Crippen molar-refractivity contribution in [2.24, 2.45) is 23.2 Å². The molecule has 1 aromatic rings. The Morgan fingerprint density at radius 1 is 1.00 bits per heavy atom. The first kappa shape index (κ1) is 16.3. The molecule has 4 bridgehead atoms. The number of ketones is 1. The van der Waals surface area contributed by atoms with Gasteiger partial charge in [0.2, 0.25) is 0 Å². The summed E-state index contributed by atoms with van der Waals surface area (Å²) in [5.74, 6) is 2.07. The number of carbonyl (C=O) groups excluding carboxylic acids is 2. The van der Waals surface area contributed by atoms with Crippen molar-refractivity contribution < 1.29 is 14.3 Å². The highest BCUT2D eigenvalue weighted by Gasteiger charge is 2.54. The van der Waals surface area contributed by atoms with Crippen molar-refractivity contribution in [2.45, 2.75) is 44.9 Å². The number of hydrogen-bond acceptors (Lipinski definition) is 3. The Bertz CT molecular complexity index is 614. The zero-order valence-electron chi connectivity index (χ0n) is 13.8. The van der Waals surface area contributed by atoms with E-state index < -0.39 is 0 Å².